The number of amides is 1. The summed E-state index contributed by atoms with van der Waals surface area (Å²) >= 11 is 0. The smallest absolute Gasteiger partial charge is 0.221 e. The van der Waals surface area contributed by atoms with E-state index in [1.165, 1.54) is 18.1 Å². The van der Waals surface area contributed by atoms with Crippen LogP contribution in [0.5, 0.6) is 0 Å². The number of rotatable bonds is 3. The third kappa shape index (κ3) is 4.32. The number of carbonyl (C=O) groups is 1. The molecule has 3 rings (SSSR count). The summed E-state index contributed by atoms with van der Waals surface area (Å²) in [4.78, 5) is 11.2. The number of aryl methyl sites for hydroxylation is 1. The molecule has 2 aromatic rings. The van der Waals surface area contributed by atoms with Crippen LogP contribution in [0.2, 0.25) is 0 Å². The quantitative estimate of drug-likeness (QED) is 0.795. The third-order valence-corrected chi connectivity index (χ3v) is 4.24. The van der Waals surface area contributed by atoms with E-state index < -0.39 is 0 Å². The van der Waals surface area contributed by atoms with Crippen molar-refractivity contribution < 1.29 is 4.79 Å². The van der Waals surface area contributed by atoms with Gasteiger partial charge in [0.05, 0.1) is 0 Å². The molecule has 0 fully saturated rings. The van der Waals surface area contributed by atoms with Gasteiger partial charge in [0.1, 0.15) is 0 Å². The van der Waals surface area contributed by atoms with Crippen LogP contribution in [-0.4, -0.2) is 11.6 Å². The Bertz CT molecular complexity index is 856. The minimum Gasteiger partial charge on any atom is -0.326 e. The van der Waals surface area contributed by atoms with Gasteiger partial charge in [0.15, 0.2) is 0 Å². The third-order valence-electron chi connectivity index (χ3n) is 4.24. The largest absolute Gasteiger partial charge is 0.326 e. The van der Waals surface area contributed by atoms with Crippen LogP contribution in [0.25, 0.3) is 11.6 Å². The lowest BCUT2D eigenvalue weighted by Gasteiger charge is -2.19. The highest BCUT2D eigenvalue weighted by atomic mass is 16.1. The summed E-state index contributed by atoms with van der Waals surface area (Å²) in [5.74, 6) is -0.0713. The van der Waals surface area contributed by atoms with E-state index in [2.05, 4.69) is 48.7 Å². The molecule has 0 aliphatic heterocycles. The summed E-state index contributed by atoms with van der Waals surface area (Å²) in [6.45, 7) is 3.58. The van der Waals surface area contributed by atoms with Crippen molar-refractivity contribution in [2.45, 2.75) is 26.7 Å². The molecule has 0 saturated heterocycles. The molecule has 2 N–H and O–H groups in total. The van der Waals surface area contributed by atoms with Crippen LogP contribution in [0.4, 0.5) is 5.69 Å². The summed E-state index contributed by atoms with van der Waals surface area (Å²) in [6.07, 6.45) is 5.65. The maximum Gasteiger partial charge on any atom is 0.221 e. The second kappa shape index (κ2) is 7.31. The lowest BCUT2D eigenvalue weighted by molar-refractivity contribution is -0.114. The number of allylic oxidation sites excluding steroid dienone is 3. The second-order valence-corrected chi connectivity index (χ2v) is 6.44. The van der Waals surface area contributed by atoms with Crippen molar-refractivity contribution in [2.75, 3.05) is 5.32 Å². The van der Waals surface area contributed by atoms with Crippen LogP contribution in [0, 0.1) is 12.3 Å². The van der Waals surface area contributed by atoms with Crippen LogP contribution < -0.4 is 5.32 Å². The molecule has 0 radical (unpaired) electrons. The molecule has 0 atom stereocenters. The minimum absolute atomic E-state index is 0.0713. The van der Waals surface area contributed by atoms with E-state index in [1.54, 1.807) is 0 Å². The standard InChI is InChI=1S/C22H22N2O/c1-15-3-5-17(6-4-15)13-19-14-20(23)9-12-22(19)18-7-10-21(11-8-18)24-16(2)25/h3-8,10-13,23H,9,14H2,1-2H3,(H,24,25). The zero-order valence-electron chi connectivity index (χ0n) is 14.6. The van der Waals surface area contributed by atoms with Gasteiger partial charge in [-0.25, -0.2) is 0 Å². The van der Waals surface area contributed by atoms with Crippen LogP contribution in [-0.2, 0) is 4.79 Å². The molecule has 3 nitrogen and oxygen atoms in total. The van der Waals surface area contributed by atoms with Gasteiger partial charge in [-0.3, -0.25) is 4.79 Å². The van der Waals surface area contributed by atoms with E-state index >= 15 is 0 Å². The van der Waals surface area contributed by atoms with E-state index in [-0.39, 0.29) is 5.91 Å². The van der Waals surface area contributed by atoms with Crippen molar-refractivity contribution in [3.8, 4) is 0 Å². The lowest BCUT2D eigenvalue weighted by atomic mass is 9.86. The fourth-order valence-electron chi connectivity index (χ4n) is 2.99. The Balaban J connectivity index is 1.93. The van der Waals surface area contributed by atoms with Crippen molar-refractivity contribution in [3.05, 3.63) is 76.9 Å². The van der Waals surface area contributed by atoms with Gasteiger partial charge < -0.3 is 10.7 Å². The number of hydrogen-bond acceptors (Lipinski definition) is 2. The van der Waals surface area contributed by atoms with Crippen molar-refractivity contribution in [2.24, 2.45) is 0 Å². The average Bonchev–Trinajstić information content (AvgIpc) is 2.58. The Morgan fingerprint density at radius 2 is 1.76 bits per heavy atom. The summed E-state index contributed by atoms with van der Waals surface area (Å²) in [7, 11) is 0. The molecule has 1 aliphatic carbocycles. The topological polar surface area (TPSA) is 53.0 Å². The highest BCUT2D eigenvalue weighted by Gasteiger charge is 2.15. The van der Waals surface area contributed by atoms with Crippen LogP contribution in [0.15, 0.2) is 60.2 Å². The molecule has 0 aromatic heterocycles. The average molecular weight is 330 g/mol. The van der Waals surface area contributed by atoms with E-state index in [0.29, 0.717) is 12.8 Å². The monoisotopic (exact) mass is 330 g/mol. The van der Waals surface area contributed by atoms with E-state index in [1.807, 2.05) is 24.3 Å². The van der Waals surface area contributed by atoms with Crippen molar-refractivity contribution in [1.29, 1.82) is 5.41 Å². The maximum absolute atomic E-state index is 11.2. The van der Waals surface area contributed by atoms with Crippen LogP contribution in [0.1, 0.15) is 36.5 Å². The molecular weight excluding hydrogens is 308 g/mol. The Kier molecular flexibility index (Phi) is 4.94. The summed E-state index contributed by atoms with van der Waals surface area (Å²) in [6, 6.07) is 16.3. The molecule has 0 unspecified atom stereocenters. The SMILES string of the molecule is CC(=O)Nc1ccc(C2=CCC(=N)CC2=Cc2ccc(C)cc2)cc1. The van der Waals surface area contributed by atoms with Gasteiger partial charge in [0, 0.05) is 31.2 Å². The molecule has 0 spiro atoms. The summed E-state index contributed by atoms with van der Waals surface area (Å²) in [5.41, 5.74) is 7.36. The molecule has 3 heteroatoms. The Labute approximate surface area is 148 Å². The Hall–Kier alpha value is -2.94. The number of nitrogens with one attached hydrogen (secondary N) is 2. The van der Waals surface area contributed by atoms with E-state index in [9.17, 15) is 4.79 Å². The fourth-order valence-corrected chi connectivity index (χ4v) is 2.99. The Morgan fingerprint density at radius 3 is 2.40 bits per heavy atom. The van der Waals surface area contributed by atoms with Gasteiger partial charge in [0.2, 0.25) is 5.91 Å². The fraction of sp³-hybridized carbons (Fsp3) is 0.182. The van der Waals surface area contributed by atoms with Crippen molar-refractivity contribution in [1.82, 2.24) is 0 Å². The second-order valence-electron chi connectivity index (χ2n) is 6.44. The maximum atomic E-state index is 11.2. The first kappa shape index (κ1) is 16.9. The molecule has 126 valence electrons. The van der Waals surface area contributed by atoms with Gasteiger partial charge >= 0.3 is 0 Å². The van der Waals surface area contributed by atoms with Gasteiger partial charge in [0.25, 0.3) is 0 Å². The van der Waals surface area contributed by atoms with Crippen molar-refractivity contribution >= 4 is 29.0 Å². The molecule has 1 amide bonds. The highest BCUT2D eigenvalue weighted by molar-refractivity contribution is 5.99. The predicted molar refractivity (Wildman–Crippen MR) is 105 cm³/mol. The number of anilines is 1. The van der Waals surface area contributed by atoms with Gasteiger partial charge in [-0.1, -0.05) is 54.1 Å². The first-order valence-corrected chi connectivity index (χ1v) is 8.43. The molecular formula is C22H22N2O. The summed E-state index contributed by atoms with van der Waals surface area (Å²) in [5, 5.41) is 10.8. The van der Waals surface area contributed by atoms with Crippen LogP contribution >= 0.6 is 0 Å². The number of carbonyl (C=O) groups excluding carboxylic acids is 1. The zero-order chi connectivity index (χ0) is 17.8. The first-order valence-electron chi connectivity index (χ1n) is 8.43. The normalized spacial score (nSPS) is 15.8. The van der Waals surface area contributed by atoms with Gasteiger partial charge in [-0.2, -0.15) is 0 Å². The molecule has 0 heterocycles. The molecule has 0 saturated carbocycles. The van der Waals surface area contributed by atoms with E-state index in [4.69, 9.17) is 5.41 Å². The minimum atomic E-state index is -0.0713. The molecule has 2 aromatic carbocycles. The van der Waals surface area contributed by atoms with Crippen LogP contribution in [0.3, 0.4) is 0 Å². The number of benzene rings is 2. The highest BCUT2D eigenvalue weighted by Crippen LogP contribution is 2.32. The van der Waals surface area contributed by atoms with E-state index in [0.717, 1.165) is 28.1 Å². The molecule has 0 bridgehead atoms. The lowest BCUT2D eigenvalue weighted by Crippen LogP contribution is -2.07. The van der Waals surface area contributed by atoms with Gasteiger partial charge in [-0.05, 0) is 41.3 Å². The zero-order valence-corrected chi connectivity index (χ0v) is 14.6. The summed E-state index contributed by atoms with van der Waals surface area (Å²) < 4.78 is 0. The Morgan fingerprint density at radius 1 is 1.08 bits per heavy atom. The number of hydrogen-bond donors (Lipinski definition) is 2. The predicted octanol–water partition coefficient (Wildman–Crippen LogP) is 5.23. The molecule has 1 aliphatic rings. The molecule has 25 heavy (non-hydrogen) atoms. The van der Waals surface area contributed by atoms with Crippen molar-refractivity contribution in [3.63, 3.8) is 0 Å². The first-order chi connectivity index (χ1) is 12.0. The van der Waals surface area contributed by atoms with Gasteiger partial charge in [-0.15, -0.1) is 0 Å².